The molecule has 150 valence electrons. The number of benzene rings is 2. The highest BCUT2D eigenvalue weighted by Crippen LogP contribution is 2.17. The molecule has 0 radical (unpaired) electrons. The zero-order valence-corrected chi connectivity index (χ0v) is 16.9. The maximum absolute atomic E-state index is 12.9. The van der Waals surface area contributed by atoms with Gasteiger partial charge in [-0.3, -0.25) is 14.5 Å². The van der Waals surface area contributed by atoms with Crippen LogP contribution in [-0.4, -0.2) is 42.9 Å². The van der Waals surface area contributed by atoms with Gasteiger partial charge in [0.15, 0.2) is 0 Å². The van der Waals surface area contributed by atoms with Crippen LogP contribution in [-0.2, 0) is 16.0 Å². The predicted molar refractivity (Wildman–Crippen MR) is 110 cm³/mol. The molecule has 2 N–H and O–H groups in total. The largest absolute Gasteiger partial charge is 0.354 e. The third-order valence-electron chi connectivity index (χ3n) is 4.94. The fourth-order valence-electron chi connectivity index (χ4n) is 2.77. The van der Waals surface area contributed by atoms with E-state index in [1.807, 2.05) is 32.0 Å². The van der Waals surface area contributed by atoms with Crippen molar-refractivity contribution in [3.63, 3.8) is 0 Å². The van der Waals surface area contributed by atoms with E-state index in [1.165, 1.54) is 12.1 Å². The van der Waals surface area contributed by atoms with Gasteiger partial charge in [-0.15, -0.1) is 0 Å². The lowest BCUT2D eigenvalue weighted by Gasteiger charge is -2.23. The first kappa shape index (κ1) is 21.6. The summed E-state index contributed by atoms with van der Waals surface area (Å²) in [6, 6.07) is 11.5. The van der Waals surface area contributed by atoms with Gasteiger partial charge in [0.05, 0.1) is 12.6 Å². The number of halogens is 1. The van der Waals surface area contributed by atoms with Crippen LogP contribution in [0.1, 0.15) is 23.6 Å². The average Bonchev–Trinajstić information content (AvgIpc) is 2.66. The Kier molecular flexibility index (Phi) is 7.70. The van der Waals surface area contributed by atoms with Crippen molar-refractivity contribution in [3.8, 4) is 0 Å². The number of likely N-dealkylation sites (N-methyl/N-ethyl adjacent to an activating group) is 1. The van der Waals surface area contributed by atoms with E-state index in [2.05, 4.69) is 10.6 Å². The van der Waals surface area contributed by atoms with Crippen LogP contribution in [0.25, 0.3) is 0 Å². The quantitative estimate of drug-likeness (QED) is 0.734. The topological polar surface area (TPSA) is 61.4 Å². The summed E-state index contributed by atoms with van der Waals surface area (Å²) in [7, 11) is 1.74. The van der Waals surface area contributed by atoms with Crippen molar-refractivity contribution < 1.29 is 14.0 Å². The molecule has 0 aliphatic rings. The minimum absolute atomic E-state index is 0.111. The molecule has 2 rings (SSSR count). The summed E-state index contributed by atoms with van der Waals surface area (Å²) < 4.78 is 12.9. The van der Waals surface area contributed by atoms with E-state index in [4.69, 9.17) is 0 Å². The number of amides is 2. The zero-order chi connectivity index (χ0) is 20.7. The number of hydrogen-bond donors (Lipinski definition) is 2. The summed E-state index contributed by atoms with van der Waals surface area (Å²) >= 11 is 0. The summed E-state index contributed by atoms with van der Waals surface area (Å²) in [6.07, 6.45) is 0.621. The molecular weight excluding hydrogens is 357 g/mol. The van der Waals surface area contributed by atoms with E-state index in [0.29, 0.717) is 13.0 Å². The minimum Gasteiger partial charge on any atom is -0.354 e. The SMILES string of the molecule is Cc1cccc(NC(=O)CN(C)[C@H](C)C(=O)NCCc2ccc(F)cc2)c1C. The molecule has 2 aromatic carbocycles. The van der Waals surface area contributed by atoms with Crippen LogP contribution >= 0.6 is 0 Å². The third-order valence-corrected chi connectivity index (χ3v) is 4.94. The van der Waals surface area contributed by atoms with E-state index < -0.39 is 6.04 Å². The molecule has 0 spiro atoms. The number of nitrogens with zero attached hydrogens (tertiary/aromatic N) is 1. The van der Waals surface area contributed by atoms with Crippen molar-refractivity contribution in [1.82, 2.24) is 10.2 Å². The number of carbonyl (C=O) groups is 2. The van der Waals surface area contributed by atoms with E-state index in [1.54, 1.807) is 31.0 Å². The third kappa shape index (κ3) is 6.16. The molecule has 28 heavy (non-hydrogen) atoms. The highest BCUT2D eigenvalue weighted by atomic mass is 19.1. The van der Waals surface area contributed by atoms with Gasteiger partial charge in [-0.25, -0.2) is 4.39 Å². The number of anilines is 1. The zero-order valence-electron chi connectivity index (χ0n) is 16.9. The first-order valence-corrected chi connectivity index (χ1v) is 9.36. The van der Waals surface area contributed by atoms with Gasteiger partial charge in [-0.2, -0.15) is 0 Å². The lowest BCUT2D eigenvalue weighted by molar-refractivity contribution is -0.126. The van der Waals surface area contributed by atoms with E-state index in [0.717, 1.165) is 22.4 Å². The van der Waals surface area contributed by atoms with Crippen LogP contribution in [0.2, 0.25) is 0 Å². The van der Waals surface area contributed by atoms with Crippen LogP contribution in [0.5, 0.6) is 0 Å². The maximum Gasteiger partial charge on any atom is 0.238 e. The summed E-state index contributed by atoms with van der Waals surface area (Å²) in [4.78, 5) is 26.3. The van der Waals surface area contributed by atoms with Crippen LogP contribution in [0, 0.1) is 19.7 Å². The van der Waals surface area contributed by atoms with Crippen molar-refractivity contribution in [2.75, 3.05) is 25.5 Å². The van der Waals surface area contributed by atoms with Crippen molar-refractivity contribution >= 4 is 17.5 Å². The Morgan fingerprint density at radius 1 is 1.11 bits per heavy atom. The Morgan fingerprint density at radius 3 is 2.46 bits per heavy atom. The first-order valence-electron chi connectivity index (χ1n) is 9.36. The van der Waals surface area contributed by atoms with Gasteiger partial charge in [-0.05, 0) is 69.1 Å². The number of rotatable bonds is 8. The van der Waals surface area contributed by atoms with Gasteiger partial charge in [0.2, 0.25) is 11.8 Å². The Bertz CT molecular complexity index is 821. The number of aryl methyl sites for hydroxylation is 1. The molecule has 0 saturated heterocycles. The molecule has 0 aliphatic carbocycles. The lowest BCUT2D eigenvalue weighted by Crippen LogP contribution is -2.46. The Morgan fingerprint density at radius 2 is 1.79 bits per heavy atom. The van der Waals surface area contributed by atoms with Crippen LogP contribution < -0.4 is 10.6 Å². The monoisotopic (exact) mass is 385 g/mol. The summed E-state index contributed by atoms with van der Waals surface area (Å²) in [6.45, 7) is 6.29. The van der Waals surface area contributed by atoms with E-state index >= 15 is 0 Å². The van der Waals surface area contributed by atoms with Gasteiger partial charge in [0.1, 0.15) is 5.82 Å². The molecule has 0 unspecified atom stereocenters. The van der Waals surface area contributed by atoms with Gasteiger partial charge < -0.3 is 10.6 Å². The van der Waals surface area contributed by atoms with Gasteiger partial charge in [-0.1, -0.05) is 24.3 Å². The van der Waals surface area contributed by atoms with E-state index in [-0.39, 0.29) is 24.2 Å². The smallest absolute Gasteiger partial charge is 0.238 e. The number of hydrogen-bond acceptors (Lipinski definition) is 3. The molecule has 6 heteroatoms. The molecule has 2 aromatic rings. The normalized spacial score (nSPS) is 11.9. The molecule has 0 bridgehead atoms. The maximum atomic E-state index is 12.9. The highest BCUT2D eigenvalue weighted by molar-refractivity contribution is 5.93. The van der Waals surface area contributed by atoms with Crippen LogP contribution in [0.15, 0.2) is 42.5 Å². The second kappa shape index (κ2) is 9.99. The second-order valence-corrected chi connectivity index (χ2v) is 7.05. The summed E-state index contributed by atoms with van der Waals surface area (Å²) in [5.74, 6) is -0.589. The number of carbonyl (C=O) groups excluding carboxylic acids is 2. The molecule has 5 nitrogen and oxygen atoms in total. The Hall–Kier alpha value is -2.73. The Labute approximate surface area is 165 Å². The molecule has 1 atom stereocenters. The van der Waals surface area contributed by atoms with Gasteiger partial charge in [0.25, 0.3) is 0 Å². The molecular formula is C22H28FN3O2. The molecule has 0 heterocycles. The van der Waals surface area contributed by atoms with Crippen LogP contribution in [0.4, 0.5) is 10.1 Å². The number of nitrogens with one attached hydrogen (secondary N) is 2. The predicted octanol–water partition coefficient (Wildman–Crippen LogP) is 3.06. The van der Waals surface area contributed by atoms with Crippen molar-refractivity contribution in [2.24, 2.45) is 0 Å². The summed E-state index contributed by atoms with van der Waals surface area (Å²) in [5, 5.41) is 5.76. The van der Waals surface area contributed by atoms with E-state index in [9.17, 15) is 14.0 Å². The molecule has 0 aliphatic heterocycles. The lowest BCUT2D eigenvalue weighted by atomic mass is 10.1. The van der Waals surface area contributed by atoms with Crippen molar-refractivity contribution in [3.05, 3.63) is 65.0 Å². The fraction of sp³-hybridized carbons (Fsp3) is 0.364. The Balaban J connectivity index is 1.79. The van der Waals surface area contributed by atoms with Crippen molar-refractivity contribution in [1.29, 1.82) is 0 Å². The van der Waals surface area contributed by atoms with Gasteiger partial charge in [0, 0.05) is 12.2 Å². The van der Waals surface area contributed by atoms with Gasteiger partial charge >= 0.3 is 0 Å². The van der Waals surface area contributed by atoms with Crippen molar-refractivity contribution in [2.45, 2.75) is 33.2 Å². The summed E-state index contributed by atoms with van der Waals surface area (Å²) in [5.41, 5.74) is 3.88. The highest BCUT2D eigenvalue weighted by Gasteiger charge is 2.20. The van der Waals surface area contributed by atoms with Crippen LogP contribution in [0.3, 0.4) is 0 Å². The molecule has 0 aromatic heterocycles. The average molecular weight is 385 g/mol. The molecule has 0 saturated carbocycles. The standard InChI is InChI=1S/C22H28FN3O2/c1-15-6-5-7-20(16(15)2)25-21(27)14-26(4)17(3)22(28)24-13-12-18-8-10-19(23)11-9-18/h5-11,17H,12-14H2,1-4H3,(H,24,28)(H,25,27)/t17-/m1/s1. The molecule has 0 fully saturated rings. The minimum atomic E-state index is -0.447. The second-order valence-electron chi connectivity index (χ2n) is 7.05. The molecule has 2 amide bonds. The fourth-order valence-corrected chi connectivity index (χ4v) is 2.77. The first-order chi connectivity index (χ1) is 13.3.